The Labute approximate surface area is 149 Å². The molecular weight excluding hydrogens is 314 g/mol. The monoisotopic (exact) mass is 341 g/mol. The number of aliphatic hydroxyl groups excluding tert-OH is 1. The zero-order valence-corrected chi connectivity index (χ0v) is 14.7. The number of guanidine groups is 1. The highest BCUT2D eigenvalue weighted by Crippen LogP contribution is 2.18. The summed E-state index contributed by atoms with van der Waals surface area (Å²) in [4.78, 5) is 8.90. The molecule has 6 heteroatoms. The van der Waals surface area contributed by atoms with E-state index in [0.717, 1.165) is 49.4 Å². The fourth-order valence-electron chi connectivity index (χ4n) is 3.20. The topological polar surface area (TPSA) is 74.5 Å². The van der Waals surface area contributed by atoms with Crippen LogP contribution in [0.4, 0.5) is 0 Å². The molecule has 1 aliphatic carbocycles. The van der Waals surface area contributed by atoms with E-state index in [0.29, 0.717) is 12.6 Å². The Bertz CT molecular complexity index is 675. The van der Waals surface area contributed by atoms with Gasteiger partial charge < -0.3 is 20.3 Å². The molecule has 0 bridgehead atoms. The number of para-hydroxylation sites is 1. The molecule has 1 fully saturated rings. The van der Waals surface area contributed by atoms with Gasteiger partial charge in [-0.3, -0.25) is 0 Å². The van der Waals surface area contributed by atoms with Crippen molar-refractivity contribution in [2.24, 2.45) is 4.99 Å². The van der Waals surface area contributed by atoms with Crippen LogP contribution in [0.2, 0.25) is 0 Å². The standard InChI is InChI=1S/C19H27N5O/c1-2-21-19(23-16-7-9-17(25)10-8-16)22-13-15-5-3-4-6-18(15)24-12-11-20-14-24/h3-6,11-12,14,16-17,25H,2,7-10,13H2,1H3,(H2,21,22,23). The summed E-state index contributed by atoms with van der Waals surface area (Å²) in [6.45, 7) is 3.49. The Hall–Kier alpha value is -2.34. The lowest BCUT2D eigenvalue weighted by molar-refractivity contribution is 0.120. The molecule has 0 spiro atoms. The molecule has 0 amide bonds. The zero-order chi connectivity index (χ0) is 17.5. The smallest absolute Gasteiger partial charge is 0.191 e. The zero-order valence-electron chi connectivity index (χ0n) is 14.7. The van der Waals surface area contributed by atoms with Crippen LogP contribution in [-0.4, -0.2) is 39.3 Å². The number of nitrogens with one attached hydrogen (secondary N) is 2. The molecule has 25 heavy (non-hydrogen) atoms. The van der Waals surface area contributed by atoms with E-state index in [1.54, 1.807) is 12.5 Å². The van der Waals surface area contributed by atoms with Crippen molar-refractivity contribution in [3.63, 3.8) is 0 Å². The number of aliphatic hydroxyl groups is 1. The minimum atomic E-state index is -0.139. The van der Waals surface area contributed by atoms with E-state index < -0.39 is 0 Å². The summed E-state index contributed by atoms with van der Waals surface area (Å²) < 4.78 is 2.01. The van der Waals surface area contributed by atoms with Crippen molar-refractivity contribution in [1.82, 2.24) is 20.2 Å². The predicted octanol–water partition coefficient (Wildman–Crippen LogP) is 2.23. The van der Waals surface area contributed by atoms with E-state index in [2.05, 4.69) is 34.7 Å². The van der Waals surface area contributed by atoms with Gasteiger partial charge in [-0.25, -0.2) is 9.98 Å². The molecule has 1 aliphatic rings. The third kappa shape index (κ3) is 4.82. The third-order valence-electron chi connectivity index (χ3n) is 4.56. The molecule has 134 valence electrons. The lowest BCUT2D eigenvalue weighted by atomic mass is 9.93. The summed E-state index contributed by atoms with van der Waals surface area (Å²) in [5, 5.41) is 16.5. The van der Waals surface area contributed by atoms with Crippen molar-refractivity contribution in [3.8, 4) is 5.69 Å². The second-order valence-electron chi connectivity index (χ2n) is 6.44. The molecule has 6 nitrogen and oxygen atoms in total. The number of imidazole rings is 1. The van der Waals surface area contributed by atoms with Gasteiger partial charge in [-0.05, 0) is 44.2 Å². The first-order chi connectivity index (χ1) is 12.3. The molecule has 0 radical (unpaired) electrons. The van der Waals surface area contributed by atoms with Crippen LogP contribution < -0.4 is 10.6 Å². The largest absolute Gasteiger partial charge is 0.393 e. The molecule has 1 saturated carbocycles. The summed E-state index contributed by atoms with van der Waals surface area (Å²) in [6.07, 6.45) is 9.08. The molecule has 1 aromatic heterocycles. The Morgan fingerprint density at radius 2 is 2.08 bits per heavy atom. The second-order valence-corrected chi connectivity index (χ2v) is 6.44. The summed E-state index contributed by atoms with van der Waals surface area (Å²) >= 11 is 0. The molecular formula is C19H27N5O. The first-order valence-electron chi connectivity index (χ1n) is 9.05. The highest BCUT2D eigenvalue weighted by molar-refractivity contribution is 5.80. The van der Waals surface area contributed by atoms with Gasteiger partial charge in [-0.1, -0.05) is 18.2 Å². The van der Waals surface area contributed by atoms with Crippen molar-refractivity contribution in [2.75, 3.05) is 6.54 Å². The van der Waals surface area contributed by atoms with Crippen molar-refractivity contribution in [2.45, 2.75) is 51.3 Å². The van der Waals surface area contributed by atoms with Gasteiger partial charge in [-0.15, -0.1) is 0 Å². The van der Waals surface area contributed by atoms with Crippen LogP contribution in [0.5, 0.6) is 0 Å². The van der Waals surface area contributed by atoms with Crippen LogP contribution in [-0.2, 0) is 6.54 Å². The maximum Gasteiger partial charge on any atom is 0.191 e. The van der Waals surface area contributed by atoms with Gasteiger partial charge in [0, 0.05) is 25.0 Å². The maximum atomic E-state index is 9.66. The van der Waals surface area contributed by atoms with Gasteiger partial charge >= 0.3 is 0 Å². The van der Waals surface area contributed by atoms with Crippen molar-refractivity contribution in [3.05, 3.63) is 48.5 Å². The fourth-order valence-corrected chi connectivity index (χ4v) is 3.20. The molecule has 1 aromatic carbocycles. The fraction of sp³-hybridized carbons (Fsp3) is 0.474. The van der Waals surface area contributed by atoms with E-state index in [1.807, 2.05) is 22.9 Å². The highest BCUT2D eigenvalue weighted by atomic mass is 16.3. The first kappa shape index (κ1) is 17.5. The number of aliphatic imine (C=N–C) groups is 1. The quantitative estimate of drug-likeness (QED) is 0.576. The Kier molecular flexibility index (Phi) is 6.06. The molecule has 0 atom stereocenters. The van der Waals surface area contributed by atoms with Crippen LogP contribution in [0.25, 0.3) is 5.69 Å². The van der Waals surface area contributed by atoms with Gasteiger partial charge in [-0.2, -0.15) is 0 Å². The summed E-state index contributed by atoms with van der Waals surface area (Å²) in [5.41, 5.74) is 2.25. The van der Waals surface area contributed by atoms with Gasteiger partial charge in [0.05, 0.1) is 24.7 Å². The third-order valence-corrected chi connectivity index (χ3v) is 4.56. The summed E-state index contributed by atoms with van der Waals surface area (Å²) in [7, 11) is 0. The Morgan fingerprint density at radius 1 is 1.28 bits per heavy atom. The number of nitrogens with zero attached hydrogens (tertiary/aromatic N) is 3. The van der Waals surface area contributed by atoms with E-state index >= 15 is 0 Å². The minimum absolute atomic E-state index is 0.139. The maximum absolute atomic E-state index is 9.66. The van der Waals surface area contributed by atoms with Crippen molar-refractivity contribution >= 4 is 5.96 Å². The van der Waals surface area contributed by atoms with Gasteiger partial charge in [0.2, 0.25) is 0 Å². The first-order valence-corrected chi connectivity index (χ1v) is 9.05. The SMILES string of the molecule is CCNC(=NCc1ccccc1-n1ccnc1)NC1CCC(O)CC1. The normalized spacial score (nSPS) is 21.1. The number of hydrogen-bond donors (Lipinski definition) is 3. The summed E-state index contributed by atoms with van der Waals surface area (Å²) in [6, 6.07) is 8.62. The Balaban J connectivity index is 1.70. The lowest BCUT2D eigenvalue weighted by Crippen LogP contribution is -2.45. The molecule has 0 unspecified atom stereocenters. The average molecular weight is 341 g/mol. The lowest BCUT2D eigenvalue weighted by Gasteiger charge is -2.27. The van der Waals surface area contributed by atoms with Crippen LogP contribution in [0.15, 0.2) is 48.0 Å². The van der Waals surface area contributed by atoms with E-state index in [4.69, 9.17) is 4.99 Å². The van der Waals surface area contributed by atoms with E-state index in [1.165, 1.54) is 0 Å². The molecule has 3 rings (SSSR count). The van der Waals surface area contributed by atoms with E-state index in [9.17, 15) is 5.11 Å². The molecule has 3 N–H and O–H groups in total. The summed E-state index contributed by atoms with van der Waals surface area (Å²) in [5.74, 6) is 0.837. The van der Waals surface area contributed by atoms with Crippen molar-refractivity contribution in [1.29, 1.82) is 0 Å². The number of aromatic nitrogens is 2. The van der Waals surface area contributed by atoms with Gasteiger partial charge in [0.15, 0.2) is 5.96 Å². The molecule has 0 saturated heterocycles. The molecule has 1 heterocycles. The van der Waals surface area contributed by atoms with Crippen molar-refractivity contribution < 1.29 is 5.11 Å². The number of hydrogen-bond acceptors (Lipinski definition) is 3. The molecule has 2 aromatic rings. The van der Waals surface area contributed by atoms with Gasteiger partial charge in [0.1, 0.15) is 0 Å². The molecule has 0 aliphatic heterocycles. The number of rotatable bonds is 5. The van der Waals surface area contributed by atoms with Crippen LogP contribution in [0, 0.1) is 0 Å². The number of benzene rings is 1. The van der Waals surface area contributed by atoms with Gasteiger partial charge in [0.25, 0.3) is 0 Å². The van der Waals surface area contributed by atoms with Crippen LogP contribution in [0.3, 0.4) is 0 Å². The van der Waals surface area contributed by atoms with Crippen LogP contribution >= 0.6 is 0 Å². The predicted molar refractivity (Wildman–Crippen MR) is 99.8 cm³/mol. The minimum Gasteiger partial charge on any atom is -0.393 e. The Morgan fingerprint density at radius 3 is 2.80 bits per heavy atom. The van der Waals surface area contributed by atoms with E-state index in [-0.39, 0.29) is 6.10 Å². The highest BCUT2D eigenvalue weighted by Gasteiger charge is 2.20. The average Bonchev–Trinajstić information content (AvgIpc) is 3.16. The van der Waals surface area contributed by atoms with Crippen LogP contribution in [0.1, 0.15) is 38.2 Å². The second kappa shape index (κ2) is 8.67.